The number of benzene rings is 1. The molecule has 2 aromatic rings. The summed E-state index contributed by atoms with van der Waals surface area (Å²) < 4.78 is 26.5. The Morgan fingerprint density at radius 1 is 1.39 bits per heavy atom. The highest BCUT2D eigenvalue weighted by molar-refractivity contribution is 7.15. The van der Waals surface area contributed by atoms with Crippen molar-refractivity contribution < 1.29 is 8.78 Å². The van der Waals surface area contributed by atoms with Crippen LogP contribution in [0.3, 0.4) is 0 Å². The van der Waals surface area contributed by atoms with Gasteiger partial charge in [-0.3, -0.25) is 0 Å². The van der Waals surface area contributed by atoms with E-state index in [0.29, 0.717) is 17.0 Å². The highest BCUT2D eigenvalue weighted by atomic mass is 32.1. The van der Waals surface area contributed by atoms with Crippen LogP contribution in [-0.4, -0.2) is 11.0 Å². The number of hydrogen-bond donors (Lipinski definition) is 1. The van der Waals surface area contributed by atoms with E-state index in [9.17, 15) is 8.78 Å². The summed E-state index contributed by atoms with van der Waals surface area (Å²) in [5.74, 6) is -1.17. The SMILES string of the molecule is Cc1nc(-c2ccc(F)cc2F)sc1CC(C)N. The molecule has 2 N–H and O–H groups in total. The molecular formula is C13H14F2N2S. The highest BCUT2D eigenvalue weighted by Gasteiger charge is 2.14. The fraction of sp³-hybridized carbons (Fsp3) is 0.308. The molecule has 0 amide bonds. The minimum Gasteiger partial charge on any atom is -0.328 e. The summed E-state index contributed by atoms with van der Waals surface area (Å²) in [5.41, 5.74) is 6.94. The Labute approximate surface area is 108 Å². The lowest BCUT2D eigenvalue weighted by atomic mass is 10.2. The molecule has 2 nitrogen and oxygen atoms in total. The number of nitrogens with two attached hydrogens (primary N) is 1. The van der Waals surface area contributed by atoms with Gasteiger partial charge in [-0.1, -0.05) is 0 Å². The Balaban J connectivity index is 2.39. The maximum atomic E-state index is 13.6. The number of nitrogens with zero attached hydrogens (tertiary/aromatic N) is 1. The Morgan fingerprint density at radius 3 is 2.72 bits per heavy atom. The minimum atomic E-state index is -0.587. The average Bonchev–Trinajstić information content (AvgIpc) is 2.59. The number of halogens is 2. The van der Waals surface area contributed by atoms with E-state index < -0.39 is 11.6 Å². The van der Waals surface area contributed by atoms with Crippen LogP contribution < -0.4 is 5.73 Å². The first-order chi connectivity index (χ1) is 8.47. The van der Waals surface area contributed by atoms with Gasteiger partial charge in [-0.25, -0.2) is 13.8 Å². The normalized spacial score (nSPS) is 12.7. The molecule has 18 heavy (non-hydrogen) atoms. The van der Waals surface area contributed by atoms with Crippen molar-refractivity contribution in [1.29, 1.82) is 0 Å². The largest absolute Gasteiger partial charge is 0.328 e. The molecule has 1 atom stereocenters. The molecule has 0 bridgehead atoms. The first-order valence-corrected chi connectivity index (χ1v) is 6.46. The second-order valence-corrected chi connectivity index (χ2v) is 5.42. The monoisotopic (exact) mass is 268 g/mol. The minimum absolute atomic E-state index is 0.0371. The zero-order valence-electron chi connectivity index (χ0n) is 10.2. The van der Waals surface area contributed by atoms with Crippen molar-refractivity contribution in [3.8, 4) is 10.6 Å². The van der Waals surface area contributed by atoms with E-state index >= 15 is 0 Å². The van der Waals surface area contributed by atoms with Gasteiger partial charge < -0.3 is 5.73 Å². The van der Waals surface area contributed by atoms with Gasteiger partial charge in [-0.2, -0.15) is 0 Å². The van der Waals surface area contributed by atoms with Gasteiger partial charge in [0.2, 0.25) is 0 Å². The van der Waals surface area contributed by atoms with Crippen molar-refractivity contribution in [3.05, 3.63) is 40.4 Å². The molecule has 5 heteroatoms. The molecule has 0 fully saturated rings. The summed E-state index contributed by atoms with van der Waals surface area (Å²) in [5, 5.41) is 0.570. The summed E-state index contributed by atoms with van der Waals surface area (Å²) in [6.45, 7) is 3.79. The van der Waals surface area contributed by atoms with E-state index in [1.807, 2.05) is 13.8 Å². The van der Waals surface area contributed by atoms with Crippen LogP contribution in [0.15, 0.2) is 18.2 Å². The van der Waals surface area contributed by atoms with Crippen molar-refractivity contribution in [1.82, 2.24) is 4.98 Å². The third-order valence-corrected chi connectivity index (χ3v) is 3.77. The van der Waals surface area contributed by atoms with Crippen molar-refractivity contribution in [2.75, 3.05) is 0 Å². The second-order valence-electron chi connectivity index (χ2n) is 4.33. The van der Waals surface area contributed by atoms with Crippen LogP contribution in [0.2, 0.25) is 0 Å². The lowest BCUT2D eigenvalue weighted by molar-refractivity contribution is 0.585. The molecular weight excluding hydrogens is 254 g/mol. The molecule has 0 aliphatic carbocycles. The number of thiazole rings is 1. The maximum Gasteiger partial charge on any atom is 0.136 e. The van der Waals surface area contributed by atoms with Gasteiger partial charge in [0.25, 0.3) is 0 Å². The topological polar surface area (TPSA) is 38.9 Å². The van der Waals surface area contributed by atoms with E-state index in [0.717, 1.165) is 16.6 Å². The first-order valence-electron chi connectivity index (χ1n) is 5.64. The van der Waals surface area contributed by atoms with Crippen LogP contribution in [0.4, 0.5) is 8.78 Å². The summed E-state index contributed by atoms with van der Waals surface area (Å²) >= 11 is 1.41. The Hall–Kier alpha value is -1.33. The van der Waals surface area contributed by atoms with Crippen LogP contribution in [0.1, 0.15) is 17.5 Å². The second kappa shape index (κ2) is 5.12. The Morgan fingerprint density at radius 2 is 2.11 bits per heavy atom. The van der Waals surface area contributed by atoms with Gasteiger partial charge in [-0.15, -0.1) is 11.3 Å². The third-order valence-electron chi connectivity index (χ3n) is 2.56. The Bertz CT molecular complexity index is 564. The van der Waals surface area contributed by atoms with Crippen LogP contribution >= 0.6 is 11.3 Å². The molecule has 2 rings (SSSR count). The van der Waals surface area contributed by atoms with Gasteiger partial charge >= 0.3 is 0 Å². The van der Waals surface area contributed by atoms with Crippen molar-refractivity contribution in [3.63, 3.8) is 0 Å². The summed E-state index contributed by atoms with van der Waals surface area (Å²) in [4.78, 5) is 5.37. The van der Waals surface area contributed by atoms with Crippen molar-refractivity contribution in [2.24, 2.45) is 5.73 Å². The molecule has 0 radical (unpaired) electrons. The van der Waals surface area contributed by atoms with Crippen molar-refractivity contribution in [2.45, 2.75) is 26.3 Å². The average molecular weight is 268 g/mol. The smallest absolute Gasteiger partial charge is 0.136 e. The molecule has 0 spiro atoms. The first kappa shape index (κ1) is 13.1. The molecule has 1 aromatic carbocycles. The zero-order chi connectivity index (χ0) is 13.3. The summed E-state index contributed by atoms with van der Waals surface area (Å²) in [7, 11) is 0. The standard InChI is InChI=1S/C13H14F2N2S/c1-7(16)5-12-8(2)17-13(18-12)10-4-3-9(14)6-11(10)15/h3-4,6-7H,5,16H2,1-2H3. The molecule has 0 saturated carbocycles. The van der Waals surface area contributed by atoms with E-state index in [2.05, 4.69) is 4.98 Å². The van der Waals surface area contributed by atoms with E-state index in [1.165, 1.54) is 23.5 Å². The summed E-state index contributed by atoms with van der Waals surface area (Å²) in [6.07, 6.45) is 0.715. The molecule has 1 unspecified atom stereocenters. The molecule has 96 valence electrons. The highest BCUT2D eigenvalue weighted by Crippen LogP contribution is 2.30. The zero-order valence-corrected chi connectivity index (χ0v) is 11.0. The van der Waals surface area contributed by atoms with Gasteiger partial charge in [-0.05, 0) is 32.4 Å². The molecule has 1 heterocycles. The van der Waals surface area contributed by atoms with E-state index in [4.69, 9.17) is 5.73 Å². The predicted octanol–water partition coefficient (Wildman–Crippen LogP) is 3.29. The van der Waals surface area contributed by atoms with Gasteiger partial charge in [0, 0.05) is 22.5 Å². The molecule has 1 aromatic heterocycles. The number of aryl methyl sites for hydroxylation is 1. The Kier molecular flexibility index (Phi) is 3.73. The number of aromatic nitrogens is 1. The van der Waals surface area contributed by atoms with Gasteiger partial charge in [0.05, 0.1) is 5.69 Å². The quantitative estimate of drug-likeness (QED) is 0.927. The molecule has 0 saturated heterocycles. The van der Waals surface area contributed by atoms with Crippen molar-refractivity contribution >= 4 is 11.3 Å². The van der Waals surface area contributed by atoms with Gasteiger partial charge in [0.1, 0.15) is 16.6 Å². The van der Waals surface area contributed by atoms with Crippen LogP contribution in [-0.2, 0) is 6.42 Å². The maximum absolute atomic E-state index is 13.6. The third kappa shape index (κ3) is 2.73. The fourth-order valence-corrected chi connectivity index (χ4v) is 2.92. The van der Waals surface area contributed by atoms with E-state index in [-0.39, 0.29) is 6.04 Å². The van der Waals surface area contributed by atoms with Crippen LogP contribution in [0.5, 0.6) is 0 Å². The van der Waals surface area contributed by atoms with Gasteiger partial charge in [0.15, 0.2) is 0 Å². The fourth-order valence-electron chi connectivity index (χ4n) is 1.69. The van der Waals surface area contributed by atoms with Crippen LogP contribution in [0, 0.1) is 18.6 Å². The summed E-state index contributed by atoms with van der Waals surface area (Å²) in [6, 6.07) is 3.56. The van der Waals surface area contributed by atoms with E-state index in [1.54, 1.807) is 0 Å². The lowest BCUT2D eigenvalue weighted by Gasteiger charge is -2.01. The number of hydrogen-bond acceptors (Lipinski definition) is 3. The number of rotatable bonds is 3. The molecule has 0 aliphatic rings. The predicted molar refractivity (Wildman–Crippen MR) is 69.6 cm³/mol. The lowest BCUT2D eigenvalue weighted by Crippen LogP contribution is -2.17. The molecule has 0 aliphatic heterocycles. The van der Waals surface area contributed by atoms with Crippen LogP contribution in [0.25, 0.3) is 10.6 Å².